The molecule has 0 aromatic carbocycles. The van der Waals surface area contributed by atoms with Crippen molar-refractivity contribution in [1.29, 1.82) is 0 Å². The molecule has 7 heteroatoms. The van der Waals surface area contributed by atoms with Crippen molar-refractivity contribution in [3.8, 4) is 0 Å². The summed E-state index contributed by atoms with van der Waals surface area (Å²) < 4.78 is 15.2. The van der Waals surface area contributed by atoms with Crippen molar-refractivity contribution in [2.24, 2.45) is 0 Å². The lowest BCUT2D eigenvalue weighted by atomic mass is 10.2. The van der Waals surface area contributed by atoms with Crippen LogP contribution in [0.2, 0.25) is 0 Å². The lowest BCUT2D eigenvalue weighted by Crippen LogP contribution is -2.51. The lowest BCUT2D eigenvalue weighted by Gasteiger charge is -2.22. The SMILES string of the molecule is COCCOCCNC(=O)C1COCCN1.Cl. The molecule has 0 spiro atoms. The molecule has 1 aliphatic heterocycles. The van der Waals surface area contributed by atoms with Gasteiger partial charge in [-0.25, -0.2) is 0 Å². The van der Waals surface area contributed by atoms with Crippen molar-refractivity contribution >= 4 is 18.3 Å². The van der Waals surface area contributed by atoms with Gasteiger partial charge in [-0.1, -0.05) is 0 Å². The number of rotatable bonds is 7. The number of nitrogens with one attached hydrogen (secondary N) is 2. The van der Waals surface area contributed by atoms with Crippen LogP contribution in [-0.2, 0) is 19.0 Å². The Hall–Kier alpha value is -0.400. The third-order valence-corrected chi connectivity index (χ3v) is 2.22. The van der Waals surface area contributed by atoms with E-state index in [1.807, 2.05) is 0 Å². The van der Waals surface area contributed by atoms with E-state index in [0.29, 0.717) is 39.6 Å². The van der Waals surface area contributed by atoms with Crippen molar-refractivity contribution in [3.05, 3.63) is 0 Å². The molecule has 0 saturated carbocycles. The van der Waals surface area contributed by atoms with Crippen LogP contribution in [0, 0.1) is 0 Å². The molecule has 0 aromatic rings. The van der Waals surface area contributed by atoms with E-state index in [1.165, 1.54) is 0 Å². The summed E-state index contributed by atoms with van der Waals surface area (Å²) in [6.07, 6.45) is 0. The number of carbonyl (C=O) groups excluding carboxylic acids is 1. The van der Waals surface area contributed by atoms with Gasteiger partial charge in [0.2, 0.25) is 5.91 Å². The zero-order valence-electron chi connectivity index (χ0n) is 10.1. The molecule has 1 unspecified atom stereocenters. The highest BCUT2D eigenvalue weighted by Gasteiger charge is 2.20. The van der Waals surface area contributed by atoms with Gasteiger partial charge in [-0.15, -0.1) is 12.4 Å². The molecule has 1 rings (SSSR count). The fourth-order valence-corrected chi connectivity index (χ4v) is 1.35. The fraction of sp³-hybridized carbons (Fsp3) is 0.900. The van der Waals surface area contributed by atoms with E-state index in [-0.39, 0.29) is 24.4 Å². The number of morpholine rings is 1. The normalized spacial score (nSPS) is 19.5. The largest absolute Gasteiger partial charge is 0.382 e. The Morgan fingerprint density at radius 1 is 1.47 bits per heavy atom. The zero-order chi connectivity index (χ0) is 11.6. The summed E-state index contributed by atoms with van der Waals surface area (Å²) in [7, 11) is 1.62. The number of methoxy groups -OCH3 is 1. The minimum absolute atomic E-state index is 0. The van der Waals surface area contributed by atoms with Crippen LogP contribution in [0.4, 0.5) is 0 Å². The molecule has 1 fully saturated rings. The molecule has 0 aliphatic carbocycles. The second-order valence-corrected chi connectivity index (χ2v) is 3.48. The fourth-order valence-electron chi connectivity index (χ4n) is 1.35. The minimum Gasteiger partial charge on any atom is -0.382 e. The average molecular weight is 269 g/mol. The number of ether oxygens (including phenoxy) is 3. The van der Waals surface area contributed by atoms with E-state index < -0.39 is 0 Å². The Morgan fingerprint density at radius 2 is 2.29 bits per heavy atom. The lowest BCUT2D eigenvalue weighted by molar-refractivity contribution is -0.126. The van der Waals surface area contributed by atoms with Gasteiger partial charge in [0, 0.05) is 20.2 Å². The second-order valence-electron chi connectivity index (χ2n) is 3.48. The third kappa shape index (κ3) is 7.51. The first-order valence-electron chi connectivity index (χ1n) is 5.50. The molecule has 0 bridgehead atoms. The van der Waals surface area contributed by atoms with Crippen molar-refractivity contribution < 1.29 is 19.0 Å². The van der Waals surface area contributed by atoms with E-state index in [0.717, 1.165) is 6.54 Å². The van der Waals surface area contributed by atoms with Gasteiger partial charge in [0.25, 0.3) is 0 Å². The molecule has 6 nitrogen and oxygen atoms in total. The highest BCUT2D eigenvalue weighted by Crippen LogP contribution is 1.92. The maximum absolute atomic E-state index is 11.6. The molecular formula is C10H21ClN2O4. The Kier molecular flexibility index (Phi) is 10.5. The monoisotopic (exact) mass is 268 g/mol. The topological polar surface area (TPSA) is 68.8 Å². The first-order valence-corrected chi connectivity index (χ1v) is 5.50. The summed E-state index contributed by atoms with van der Waals surface area (Å²) in [5.41, 5.74) is 0. The standard InChI is InChI=1S/C10H20N2O4.ClH/c1-14-6-7-15-4-3-12-10(13)9-8-16-5-2-11-9;/h9,11H,2-8H2,1H3,(H,12,13);1H. The smallest absolute Gasteiger partial charge is 0.239 e. The van der Waals surface area contributed by atoms with Crippen molar-refractivity contribution in [3.63, 3.8) is 0 Å². The van der Waals surface area contributed by atoms with Gasteiger partial charge >= 0.3 is 0 Å². The molecule has 0 radical (unpaired) electrons. The van der Waals surface area contributed by atoms with E-state index in [1.54, 1.807) is 7.11 Å². The Morgan fingerprint density at radius 3 is 2.94 bits per heavy atom. The van der Waals surface area contributed by atoms with Gasteiger partial charge in [-0.3, -0.25) is 4.79 Å². The molecule has 102 valence electrons. The first-order chi connectivity index (χ1) is 7.84. The predicted octanol–water partition coefficient (Wildman–Crippen LogP) is -0.824. The van der Waals surface area contributed by atoms with Crippen LogP contribution in [0.15, 0.2) is 0 Å². The summed E-state index contributed by atoms with van der Waals surface area (Å²) in [5.74, 6) is -0.0324. The number of hydrogen-bond donors (Lipinski definition) is 2. The summed E-state index contributed by atoms with van der Waals surface area (Å²) in [5, 5.41) is 5.86. The van der Waals surface area contributed by atoms with Crippen LogP contribution in [0.5, 0.6) is 0 Å². The summed E-state index contributed by atoms with van der Waals surface area (Å²) in [6, 6.07) is -0.229. The molecular weight excluding hydrogens is 248 g/mol. The first kappa shape index (κ1) is 16.6. The molecule has 1 amide bonds. The van der Waals surface area contributed by atoms with E-state index in [2.05, 4.69) is 10.6 Å². The Bertz CT molecular complexity index is 201. The maximum Gasteiger partial charge on any atom is 0.239 e. The van der Waals surface area contributed by atoms with Crippen LogP contribution in [0.25, 0.3) is 0 Å². The maximum atomic E-state index is 11.6. The summed E-state index contributed by atoms with van der Waals surface area (Å²) in [6.45, 7) is 3.98. The van der Waals surface area contributed by atoms with Crippen molar-refractivity contribution in [1.82, 2.24) is 10.6 Å². The average Bonchev–Trinajstić information content (AvgIpc) is 2.34. The van der Waals surface area contributed by atoms with E-state index >= 15 is 0 Å². The van der Waals surface area contributed by atoms with Gasteiger partial charge in [-0.05, 0) is 0 Å². The van der Waals surface area contributed by atoms with Gasteiger partial charge < -0.3 is 24.8 Å². The molecule has 17 heavy (non-hydrogen) atoms. The minimum atomic E-state index is -0.229. The van der Waals surface area contributed by atoms with E-state index in [4.69, 9.17) is 14.2 Å². The van der Waals surface area contributed by atoms with Gasteiger partial charge in [-0.2, -0.15) is 0 Å². The number of carbonyl (C=O) groups is 1. The van der Waals surface area contributed by atoms with Crippen LogP contribution >= 0.6 is 12.4 Å². The van der Waals surface area contributed by atoms with Crippen molar-refractivity contribution in [2.45, 2.75) is 6.04 Å². The Balaban J connectivity index is 0.00000256. The predicted molar refractivity (Wildman–Crippen MR) is 65.6 cm³/mol. The number of halogens is 1. The molecule has 1 aliphatic rings. The van der Waals surface area contributed by atoms with Crippen LogP contribution < -0.4 is 10.6 Å². The van der Waals surface area contributed by atoms with Crippen molar-refractivity contribution in [2.75, 3.05) is 53.2 Å². The van der Waals surface area contributed by atoms with E-state index in [9.17, 15) is 4.79 Å². The van der Waals surface area contributed by atoms with Gasteiger partial charge in [0.05, 0.1) is 33.0 Å². The molecule has 2 N–H and O–H groups in total. The highest BCUT2D eigenvalue weighted by molar-refractivity contribution is 5.85. The third-order valence-electron chi connectivity index (χ3n) is 2.22. The molecule has 1 heterocycles. The highest BCUT2D eigenvalue weighted by atomic mass is 35.5. The number of amides is 1. The second kappa shape index (κ2) is 10.7. The Labute approximate surface area is 108 Å². The summed E-state index contributed by atoms with van der Waals surface area (Å²) in [4.78, 5) is 11.6. The zero-order valence-corrected chi connectivity index (χ0v) is 10.9. The quantitative estimate of drug-likeness (QED) is 0.591. The molecule has 1 saturated heterocycles. The van der Waals surface area contributed by atoms with Crippen LogP contribution in [0.1, 0.15) is 0 Å². The van der Waals surface area contributed by atoms with Gasteiger partial charge in [0.15, 0.2) is 0 Å². The molecule has 0 aromatic heterocycles. The van der Waals surface area contributed by atoms with Crippen LogP contribution in [-0.4, -0.2) is 65.2 Å². The summed E-state index contributed by atoms with van der Waals surface area (Å²) >= 11 is 0. The number of hydrogen-bond acceptors (Lipinski definition) is 5. The molecule has 1 atom stereocenters. The van der Waals surface area contributed by atoms with Crippen LogP contribution in [0.3, 0.4) is 0 Å². The van der Waals surface area contributed by atoms with Gasteiger partial charge in [0.1, 0.15) is 6.04 Å².